The largest absolute Gasteiger partial charge is 0.390 e. The molecular weight excluding hydrogens is 259 g/mol. The third-order valence-electron chi connectivity index (χ3n) is 2.50. The maximum absolute atomic E-state index is 12.1. The lowest BCUT2D eigenvalue weighted by molar-refractivity contribution is -0.131. The van der Waals surface area contributed by atoms with Crippen LogP contribution in [0.5, 0.6) is 0 Å². The number of nitrogens with one attached hydrogen (secondary N) is 2. The molecule has 0 saturated carbocycles. The van der Waals surface area contributed by atoms with Crippen LogP contribution in [0.15, 0.2) is 0 Å². The number of aromatic nitrogens is 2. The number of hydrogen-bond acceptors (Lipinski definition) is 5. The number of rotatable bonds is 6. The number of hydrazine groups is 1. The predicted molar refractivity (Wildman–Crippen MR) is 67.7 cm³/mol. The van der Waals surface area contributed by atoms with Gasteiger partial charge in [-0.15, -0.1) is 0 Å². The number of halogens is 3. The molecule has 0 atom stereocenters. The zero-order valence-corrected chi connectivity index (χ0v) is 10.9. The quantitative estimate of drug-likeness (QED) is 0.550. The van der Waals surface area contributed by atoms with Crippen LogP contribution in [0.2, 0.25) is 0 Å². The Hall–Kier alpha value is -1.57. The van der Waals surface area contributed by atoms with E-state index in [0.717, 1.165) is 6.42 Å². The van der Waals surface area contributed by atoms with Crippen molar-refractivity contribution in [1.29, 1.82) is 0 Å². The molecule has 0 spiro atoms. The second-order valence-corrected chi connectivity index (χ2v) is 4.15. The number of aryl methyl sites for hydroxylation is 1. The average Bonchev–Trinajstić information content (AvgIpc) is 2.31. The minimum Gasteiger partial charge on any atom is -0.369 e. The molecule has 0 saturated heterocycles. The van der Waals surface area contributed by atoms with E-state index in [4.69, 9.17) is 5.84 Å². The summed E-state index contributed by atoms with van der Waals surface area (Å²) in [4.78, 5) is 8.39. The molecule has 5 nitrogen and oxygen atoms in total. The lowest BCUT2D eigenvalue weighted by atomic mass is 10.2. The summed E-state index contributed by atoms with van der Waals surface area (Å²) in [5, 5.41) is 2.68. The Morgan fingerprint density at radius 2 is 1.84 bits per heavy atom. The van der Waals surface area contributed by atoms with Crippen molar-refractivity contribution in [1.82, 2.24) is 9.97 Å². The third kappa shape index (κ3) is 4.90. The van der Waals surface area contributed by atoms with Crippen LogP contribution in [0.25, 0.3) is 0 Å². The number of nitrogens with two attached hydrogens (primary N) is 1. The Labute approximate surface area is 109 Å². The van der Waals surface area contributed by atoms with Crippen molar-refractivity contribution in [3.05, 3.63) is 11.4 Å². The van der Waals surface area contributed by atoms with Gasteiger partial charge in [0.05, 0.1) is 6.42 Å². The van der Waals surface area contributed by atoms with E-state index in [9.17, 15) is 13.2 Å². The first kappa shape index (κ1) is 15.5. The average molecular weight is 277 g/mol. The first-order valence-electron chi connectivity index (χ1n) is 6.02. The molecule has 0 bridgehead atoms. The summed E-state index contributed by atoms with van der Waals surface area (Å²) in [6, 6.07) is 0. The number of anilines is 2. The smallest absolute Gasteiger partial charge is 0.369 e. The molecule has 1 aromatic rings. The van der Waals surface area contributed by atoms with Crippen molar-refractivity contribution in [2.24, 2.45) is 5.84 Å². The SMILES string of the molecule is CCCc1nc(NN)c(C)c(NCCC(F)(F)F)n1. The van der Waals surface area contributed by atoms with Gasteiger partial charge in [-0.25, -0.2) is 15.8 Å². The Balaban J connectivity index is 2.83. The van der Waals surface area contributed by atoms with Crippen LogP contribution in [-0.4, -0.2) is 22.7 Å². The van der Waals surface area contributed by atoms with E-state index in [0.29, 0.717) is 29.4 Å². The highest BCUT2D eigenvalue weighted by atomic mass is 19.4. The Morgan fingerprint density at radius 1 is 1.21 bits per heavy atom. The number of nitrogens with zero attached hydrogens (tertiary/aromatic N) is 2. The van der Waals surface area contributed by atoms with Crippen LogP contribution in [0.4, 0.5) is 24.8 Å². The van der Waals surface area contributed by atoms with Crippen molar-refractivity contribution >= 4 is 11.6 Å². The summed E-state index contributed by atoms with van der Waals surface area (Å²) in [6.07, 6.45) is -3.61. The molecule has 108 valence electrons. The Morgan fingerprint density at radius 3 is 2.37 bits per heavy atom. The molecule has 1 aromatic heterocycles. The Kier molecular flexibility index (Phi) is 5.34. The van der Waals surface area contributed by atoms with Crippen LogP contribution in [0.1, 0.15) is 31.2 Å². The summed E-state index contributed by atoms with van der Waals surface area (Å²) >= 11 is 0. The molecule has 0 amide bonds. The fourth-order valence-electron chi connectivity index (χ4n) is 1.53. The summed E-state index contributed by atoms with van der Waals surface area (Å²) in [5.41, 5.74) is 3.03. The molecule has 4 N–H and O–H groups in total. The van der Waals surface area contributed by atoms with Gasteiger partial charge in [-0.1, -0.05) is 6.92 Å². The van der Waals surface area contributed by atoms with Crippen molar-refractivity contribution < 1.29 is 13.2 Å². The van der Waals surface area contributed by atoms with E-state index in [1.165, 1.54) is 0 Å². The molecule has 0 aromatic carbocycles. The minimum absolute atomic E-state index is 0.225. The molecule has 0 unspecified atom stereocenters. The van der Waals surface area contributed by atoms with E-state index in [1.807, 2.05) is 6.92 Å². The monoisotopic (exact) mass is 277 g/mol. The third-order valence-corrected chi connectivity index (χ3v) is 2.50. The molecule has 0 fully saturated rings. The topological polar surface area (TPSA) is 75.9 Å². The van der Waals surface area contributed by atoms with Crippen LogP contribution in [-0.2, 0) is 6.42 Å². The number of nitrogen functional groups attached to an aromatic ring is 1. The highest BCUT2D eigenvalue weighted by molar-refractivity contribution is 5.56. The summed E-state index contributed by atoms with van der Waals surface area (Å²) in [7, 11) is 0. The maximum Gasteiger partial charge on any atom is 0.390 e. The molecule has 8 heteroatoms. The maximum atomic E-state index is 12.1. The fourth-order valence-corrected chi connectivity index (χ4v) is 1.53. The molecule has 0 radical (unpaired) electrons. The van der Waals surface area contributed by atoms with Gasteiger partial charge in [-0.05, 0) is 13.3 Å². The highest BCUT2D eigenvalue weighted by Gasteiger charge is 2.26. The molecule has 0 aliphatic carbocycles. The van der Waals surface area contributed by atoms with E-state index in [1.54, 1.807) is 6.92 Å². The van der Waals surface area contributed by atoms with Crippen LogP contribution in [0.3, 0.4) is 0 Å². The first-order valence-corrected chi connectivity index (χ1v) is 6.02. The molecule has 0 aliphatic rings. The van der Waals surface area contributed by atoms with Crippen molar-refractivity contribution in [3.63, 3.8) is 0 Å². The standard InChI is InChI=1S/C11H18F3N5/c1-3-4-8-17-9(7(2)10(18-8)19-15)16-6-5-11(12,13)14/h3-6,15H2,1-2H3,(H2,16,17,18,19). The Bertz CT molecular complexity index is 420. The van der Waals surface area contributed by atoms with E-state index in [2.05, 4.69) is 20.7 Å². The number of hydrogen-bond donors (Lipinski definition) is 3. The van der Waals surface area contributed by atoms with Crippen molar-refractivity contribution in [3.8, 4) is 0 Å². The minimum atomic E-state index is -4.19. The second kappa shape index (κ2) is 6.55. The summed E-state index contributed by atoms with van der Waals surface area (Å²) in [5.74, 6) is 6.69. The lowest BCUT2D eigenvalue weighted by Crippen LogP contribution is -2.18. The van der Waals surface area contributed by atoms with Crippen LogP contribution < -0.4 is 16.6 Å². The fraction of sp³-hybridized carbons (Fsp3) is 0.636. The molecule has 1 heterocycles. The van der Waals surface area contributed by atoms with Crippen LogP contribution >= 0.6 is 0 Å². The second-order valence-electron chi connectivity index (χ2n) is 4.15. The van der Waals surface area contributed by atoms with Gasteiger partial charge in [0.1, 0.15) is 17.5 Å². The molecule has 19 heavy (non-hydrogen) atoms. The van der Waals surface area contributed by atoms with Gasteiger partial charge in [0.2, 0.25) is 0 Å². The zero-order chi connectivity index (χ0) is 14.5. The summed E-state index contributed by atoms with van der Waals surface area (Å²) < 4.78 is 36.3. The van der Waals surface area contributed by atoms with Gasteiger partial charge in [0.15, 0.2) is 0 Å². The van der Waals surface area contributed by atoms with Gasteiger partial charge >= 0.3 is 6.18 Å². The highest BCUT2D eigenvalue weighted by Crippen LogP contribution is 2.22. The normalized spacial score (nSPS) is 11.5. The van der Waals surface area contributed by atoms with E-state index < -0.39 is 12.6 Å². The van der Waals surface area contributed by atoms with Gasteiger partial charge in [0.25, 0.3) is 0 Å². The van der Waals surface area contributed by atoms with Gasteiger partial charge < -0.3 is 10.7 Å². The summed E-state index contributed by atoms with van der Waals surface area (Å²) in [6.45, 7) is 3.44. The van der Waals surface area contributed by atoms with Crippen molar-refractivity contribution in [2.45, 2.75) is 39.3 Å². The lowest BCUT2D eigenvalue weighted by Gasteiger charge is -2.14. The zero-order valence-electron chi connectivity index (χ0n) is 10.9. The first-order chi connectivity index (χ1) is 8.87. The van der Waals surface area contributed by atoms with Gasteiger partial charge in [-0.3, -0.25) is 0 Å². The number of alkyl halides is 3. The molecular formula is C11H18F3N5. The van der Waals surface area contributed by atoms with E-state index >= 15 is 0 Å². The van der Waals surface area contributed by atoms with Crippen molar-refractivity contribution in [2.75, 3.05) is 17.3 Å². The van der Waals surface area contributed by atoms with Gasteiger partial charge in [0, 0.05) is 18.5 Å². The van der Waals surface area contributed by atoms with Gasteiger partial charge in [-0.2, -0.15) is 13.2 Å². The molecule has 0 aliphatic heterocycles. The predicted octanol–water partition coefficient (Wildman–Crippen LogP) is 2.39. The van der Waals surface area contributed by atoms with E-state index in [-0.39, 0.29) is 6.54 Å². The molecule has 1 rings (SSSR count). The van der Waals surface area contributed by atoms with Crippen LogP contribution in [0, 0.1) is 6.92 Å².